The summed E-state index contributed by atoms with van der Waals surface area (Å²) in [6.45, 7) is 2.14. The van der Waals surface area contributed by atoms with Crippen molar-refractivity contribution in [1.29, 1.82) is 0 Å². The number of carbonyl (C=O) groups excluding carboxylic acids is 1. The molecule has 106 valence electrons. The van der Waals surface area contributed by atoms with Crippen molar-refractivity contribution in [2.45, 2.75) is 50.3 Å². The summed E-state index contributed by atoms with van der Waals surface area (Å²) in [6, 6.07) is 5.38. The van der Waals surface area contributed by atoms with E-state index in [0.29, 0.717) is 12.0 Å². The largest absolute Gasteiger partial charge is 0.294 e. The molecular formula is C14H20O4S. The van der Waals surface area contributed by atoms with E-state index in [1.807, 2.05) is 0 Å². The lowest BCUT2D eigenvalue weighted by atomic mass is 10.0. The van der Waals surface area contributed by atoms with Crippen molar-refractivity contribution < 1.29 is 17.8 Å². The molecule has 0 spiro atoms. The van der Waals surface area contributed by atoms with Crippen LogP contribution in [-0.4, -0.2) is 18.8 Å². The zero-order chi connectivity index (χ0) is 14.3. The predicted molar refractivity (Wildman–Crippen MR) is 74.0 cm³/mol. The lowest BCUT2D eigenvalue weighted by molar-refractivity contribution is 0.0979. The first-order valence-corrected chi connectivity index (χ1v) is 8.00. The van der Waals surface area contributed by atoms with Gasteiger partial charge in [-0.25, -0.2) is 0 Å². The summed E-state index contributed by atoms with van der Waals surface area (Å²) in [6.07, 6.45) is 5.89. The van der Waals surface area contributed by atoms with Crippen LogP contribution >= 0.6 is 0 Å². The van der Waals surface area contributed by atoms with Crippen molar-refractivity contribution in [1.82, 2.24) is 0 Å². The molecule has 0 saturated carbocycles. The van der Waals surface area contributed by atoms with Crippen molar-refractivity contribution >= 4 is 15.9 Å². The zero-order valence-corrected chi connectivity index (χ0v) is 11.9. The number of carbonyl (C=O) groups is 1. The van der Waals surface area contributed by atoms with Crippen molar-refractivity contribution in [2.75, 3.05) is 0 Å². The second-order valence-corrected chi connectivity index (χ2v) is 6.01. The van der Waals surface area contributed by atoms with Crippen molar-refractivity contribution in [3.05, 3.63) is 29.8 Å². The highest BCUT2D eigenvalue weighted by Crippen LogP contribution is 2.13. The molecule has 0 heterocycles. The third-order valence-electron chi connectivity index (χ3n) is 2.98. The Kier molecular flexibility index (Phi) is 6.18. The minimum Gasteiger partial charge on any atom is -0.294 e. The zero-order valence-electron chi connectivity index (χ0n) is 11.1. The molecule has 1 N–H and O–H groups in total. The Morgan fingerprint density at radius 1 is 1.05 bits per heavy atom. The SMILES string of the molecule is CCCCCCCC(=O)c1ccc(S(=O)(=O)O)cc1. The van der Waals surface area contributed by atoms with Gasteiger partial charge in [-0.1, -0.05) is 44.7 Å². The Bertz CT molecular complexity index is 503. The third kappa shape index (κ3) is 5.53. The monoisotopic (exact) mass is 284 g/mol. The lowest BCUT2D eigenvalue weighted by Crippen LogP contribution is -2.02. The maximum Gasteiger partial charge on any atom is 0.294 e. The second kappa shape index (κ2) is 7.40. The molecule has 1 rings (SSSR count). The summed E-state index contributed by atoms with van der Waals surface area (Å²) >= 11 is 0. The first-order valence-electron chi connectivity index (χ1n) is 6.56. The number of hydrogen-bond acceptors (Lipinski definition) is 3. The van der Waals surface area contributed by atoms with Gasteiger partial charge < -0.3 is 0 Å². The van der Waals surface area contributed by atoms with Gasteiger partial charge in [0, 0.05) is 12.0 Å². The first kappa shape index (κ1) is 15.9. The number of unbranched alkanes of at least 4 members (excludes halogenated alkanes) is 4. The van der Waals surface area contributed by atoms with E-state index in [0.717, 1.165) is 19.3 Å². The molecule has 0 saturated heterocycles. The molecular weight excluding hydrogens is 264 g/mol. The molecule has 1 aromatic rings. The van der Waals surface area contributed by atoms with Crippen LogP contribution in [0.15, 0.2) is 29.2 Å². The summed E-state index contributed by atoms with van der Waals surface area (Å²) < 4.78 is 30.5. The molecule has 0 amide bonds. The molecule has 0 aromatic heterocycles. The number of hydrogen-bond donors (Lipinski definition) is 1. The van der Waals surface area contributed by atoms with Crippen molar-refractivity contribution in [2.24, 2.45) is 0 Å². The fourth-order valence-corrected chi connectivity index (χ4v) is 2.33. The second-order valence-electron chi connectivity index (χ2n) is 4.59. The lowest BCUT2D eigenvalue weighted by Gasteiger charge is -2.02. The molecule has 0 aliphatic carbocycles. The average molecular weight is 284 g/mol. The van der Waals surface area contributed by atoms with Gasteiger partial charge in [0.05, 0.1) is 4.90 Å². The van der Waals surface area contributed by atoms with Crippen LogP contribution in [0.5, 0.6) is 0 Å². The van der Waals surface area contributed by atoms with Crippen LogP contribution < -0.4 is 0 Å². The molecule has 19 heavy (non-hydrogen) atoms. The molecule has 1 aromatic carbocycles. The van der Waals surface area contributed by atoms with Gasteiger partial charge in [0.25, 0.3) is 10.1 Å². The molecule has 0 bridgehead atoms. The molecule has 4 nitrogen and oxygen atoms in total. The molecule has 0 aliphatic heterocycles. The van der Waals surface area contributed by atoms with Gasteiger partial charge in [0.15, 0.2) is 5.78 Å². The number of benzene rings is 1. The van der Waals surface area contributed by atoms with Gasteiger partial charge in [-0.15, -0.1) is 0 Å². The molecule has 0 atom stereocenters. The van der Waals surface area contributed by atoms with Crippen LogP contribution in [0.25, 0.3) is 0 Å². The van der Waals surface area contributed by atoms with Crippen LogP contribution in [0.3, 0.4) is 0 Å². The van der Waals surface area contributed by atoms with Gasteiger partial charge in [-0.2, -0.15) is 8.42 Å². The van der Waals surface area contributed by atoms with Crippen LogP contribution in [0.2, 0.25) is 0 Å². The van der Waals surface area contributed by atoms with Gasteiger partial charge in [-0.05, 0) is 18.6 Å². The van der Waals surface area contributed by atoms with E-state index in [2.05, 4.69) is 6.92 Å². The number of Topliss-reactive ketones (excluding diaryl/α,β-unsaturated/α-hetero) is 1. The third-order valence-corrected chi connectivity index (χ3v) is 3.85. The molecule has 0 aliphatic rings. The Labute approximate surface area is 114 Å². The minimum absolute atomic E-state index is 0.0124. The summed E-state index contributed by atoms with van der Waals surface area (Å²) in [5, 5.41) is 0. The standard InChI is InChI=1S/C14H20O4S/c1-2-3-4-5-6-7-14(15)12-8-10-13(11-9-12)19(16,17)18/h8-11H,2-7H2,1H3,(H,16,17,18). The van der Waals surface area contributed by atoms with E-state index in [1.165, 1.54) is 37.1 Å². The Balaban J connectivity index is 2.50. The predicted octanol–water partition coefficient (Wildman–Crippen LogP) is 3.48. The normalized spacial score (nSPS) is 11.5. The van der Waals surface area contributed by atoms with E-state index in [9.17, 15) is 13.2 Å². The van der Waals surface area contributed by atoms with Crippen molar-refractivity contribution in [3.8, 4) is 0 Å². The van der Waals surface area contributed by atoms with Crippen LogP contribution in [-0.2, 0) is 10.1 Å². The van der Waals surface area contributed by atoms with Crippen LogP contribution in [0.1, 0.15) is 55.8 Å². The maximum absolute atomic E-state index is 11.8. The maximum atomic E-state index is 11.8. The highest BCUT2D eigenvalue weighted by molar-refractivity contribution is 7.85. The fraction of sp³-hybridized carbons (Fsp3) is 0.500. The molecule has 0 radical (unpaired) electrons. The number of rotatable bonds is 8. The van der Waals surface area contributed by atoms with E-state index in [1.54, 1.807) is 0 Å². The van der Waals surface area contributed by atoms with Gasteiger partial charge in [-0.3, -0.25) is 9.35 Å². The van der Waals surface area contributed by atoms with Gasteiger partial charge in [0.1, 0.15) is 0 Å². The molecule has 0 fully saturated rings. The first-order chi connectivity index (χ1) is 8.95. The van der Waals surface area contributed by atoms with Crippen LogP contribution in [0.4, 0.5) is 0 Å². The highest BCUT2D eigenvalue weighted by Gasteiger charge is 2.11. The van der Waals surface area contributed by atoms with E-state index in [-0.39, 0.29) is 10.7 Å². The Morgan fingerprint density at radius 2 is 1.63 bits per heavy atom. The molecule has 0 unspecified atom stereocenters. The summed E-state index contributed by atoms with van der Waals surface area (Å²) in [5.41, 5.74) is 0.489. The van der Waals surface area contributed by atoms with Crippen molar-refractivity contribution in [3.63, 3.8) is 0 Å². The van der Waals surface area contributed by atoms with Gasteiger partial charge >= 0.3 is 0 Å². The number of ketones is 1. The fourth-order valence-electron chi connectivity index (χ4n) is 1.85. The summed E-state index contributed by atoms with van der Waals surface area (Å²) in [7, 11) is -4.18. The minimum atomic E-state index is -4.18. The highest BCUT2D eigenvalue weighted by atomic mass is 32.2. The van der Waals surface area contributed by atoms with E-state index < -0.39 is 10.1 Å². The average Bonchev–Trinajstić information content (AvgIpc) is 2.37. The Hall–Kier alpha value is -1.20. The quantitative estimate of drug-likeness (QED) is 0.450. The van der Waals surface area contributed by atoms with Crippen LogP contribution in [0, 0.1) is 0 Å². The smallest absolute Gasteiger partial charge is 0.294 e. The summed E-state index contributed by atoms with van der Waals surface area (Å²) in [4.78, 5) is 11.6. The van der Waals surface area contributed by atoms with E-state index in [4.69, 9.17) is 4.55 Å². The van der Waals surface area contributed by atoms with Gasteiger partial charge in [0.2, 0.25) is 0 Å². The Morgan fingerprint density at radius 3 is 2.16 bits per heavy atom. The summed E-state index contributed by atoms with van der Waals surface area (Å²) in [5.74, 6) is 0.0124. The topological polar surface area (TPSA) is 71.4 Å². The molecule has 5 heteroatoms. The van der Waals surface area contributed by atoms with E-state index >= 15 is 0 Å².